The quantitative estimate of drug-likeness (QED) is 0.519. The number of amides is 1. The van der Waals surface area contributed by atoms with Gasteiger partial charge in [-0.2, -0.15) is 4.98 Å². The maximum Gasteiger partial charge on any atom is 0.276 e. The van der Waals surface area contributed by atoms with Gasteiger partial charge in [-0.1, -0.05) is 5.16 Å². The third-order valence-corrected chi connectivity index (χ3v) is 4.16. The van der Waals surface area contributed by atoms with E-state index in [0.29, 0.717) is 29.3 Å². The second-order valence-corrected chi connectivity index (χ2v) is 5.84. The molecule has 4 rings (SSSR count). The number of imidazole rings is 1. The molecule has 0 aliphatic carbocycles. The lowest BCUT2D eigenvalue weighted by Crippen LogP contribution is -2.32. The first-order valence-corrected chi connectivity index (χ1v) is 8.52. The summed E-state index contributed by atoms with van der Waals surface area (Å²) in [6.45, 7) is 2.39. The van der Waals surface area contributed by atoms with Crippen LogP contribution < -0.4 is 4.90 Å². The number of anilines is 1. The largest absolute Gasteiger partial charge is 0.333 e. The van der Waals surface area contributed by atoms with Gasteiger partial charge in [0.2, 0.25) is 5.82 Å². The highest BCUT2D eigenvalue weighted by Crippen LogP contribution is 2.22. The summed E-state index contributed by atoms with van der Waals surface area (Å²) in [6, 6.07) is 3.62. The molecule has 0 aliphatic rings. The van der Waals surface area contributed by atoms with Crippen molar-refractivity contribution in [2.75, 3.05) is 11.4 Å². The molecule has 4 heterocycles. The third kappa shape index (κ3) is 3.11. The van der Waals surface area contributed by atoms with E-state index >= 15 is 0 Å². The van der Waals surface area contributed by atoms with Crippen LogP contribution in [0.15, 0.2) is 54.0 Å². The standard InChI is InChI=1S/C18H16N8O2/c1-3-26(13-5-4-6-19-9-13)18(27)14-10-22-16(25(14)2)15-23-17(28-24-15)12-7-20-11-21-8-12/h4-11H,3H2,1-2H3. The topological polar surface area (TPSA) is 116 Å². The lowest BCUT2D eigenvalue weighted by Gasteiger charge is -2.20. The molecular weight excluding hydrogens is 360 g/mol. The predicted molar refractivity (Wildman–Crippen MR) is 99.1 cm³/mol. The predicted octanol–water partition coefficient (Wildman–Crippen LogP) is 1.99. The Balaban J connectivity index is 1.65. The van der Waals surface area contributed by atoms with E-state index in [1.54, 1.807) is 47.4 Å². The van der Waals surface area contributed by atoms with Crippen LogP contribution in [0.3, 0.4) is 0 Å². The number of rotatable bonds is 5. The van der Waals surface area contributed by atoms with Crippen LogP contribution in [0, 0.1) is 0 Å². The van der Waals surface area contributed by atoms with Gasteiger partial charge >= 0.3 is 0 Å². The summed E-state index contributed by atoms with van der Waals surface area (Å²) in [5.74, 6) is 0.760. The summed E-state index contributed by atoms with van der Waals surface area (Å²) >= 11 is 0. The summed E-state index contributed by atoms with van der Waals surface area (Å²) in [6.07, 6.45) is 9.37. The van der Waals surface area contributed by atoms with Crippen molar-refractivity contribution >= 4 is 11.6 Å². The number of hydrogen-bond donors (Lipinski definition) is 0. The van der Waals surface area contributed by atoms with Crippen LogP contribution in [0.4, 0.5) is 5.69 Å². The van der Waals surface area contributed by atoms with Crippen molar-refractivity contribution in [2.24, 2.45) is 7.05 Å². The van der Waals surface area contributed by atoms with Crippen LogP contribution in [0.1, 0.15) is 17.4 Å². The summed E-state index contributed by atoms with van der Waals surface area (Å²) in [4.78, 5) is 35.2. The van der Waals surface area contributed by atoms with Crippen molar-refractivity contribution in [1.82, 2.24) is 34.6 Å². The first kappa shape index (κ1) is 17.5. The number of carbonyl (C=O) groups excluding carboxylic acids is 1. The zero-order chi connectivity index (χ0) is 19.5. The first-order valence-electron chi connectivity index (χ1n) is 8.52. The molecule has 0 fully saturated rings. The van der Waals surface area contributed by atoms with Crippen LogP contribution in [-0.4, -0.2) is 47.1 Å². The molecule has 140 valence electrons. The Kier molecular flexibility index (Phi) is 4.58. The third-order valence-electron chi connectivity index (χ3n) is 4.16. The second kappa shape index (κ2) is 7.35. The van der Waals surface area contributed by atoms with Crippen molar-refractivity contribution < 1.29 is 9.32 Å². The summed E-state index contributed by atoms with van der Waals surface area (Å²) < 4.78 is 6.91. The van der Waals surface area contributed by atoms with Gasteiger partial charge in [0.1, 0.15) is 12.0 Å². The van der Waals surface area contributed by atoms with Gasteiger partial charge in [0.05, 0.1) is 23.6 Å². The molecule has 0 aromatic carbocycles. The molecule has 0 N–H and O–H groups in total. The average molecular weight is 376 g/mol. The van der Waals surface area contributed by atoms with Crippen molar-refractivity contribution in [3.05, 3.63) is 55.1 Å². The molecule has 0 saturated heterocycles. The van der Waals surface area contributed by atoms with Gasteiger partial charge in [-0.25, -0.2) is 15.0 Å². The van der Waals surface area contributed by atoms with Crippen molar-refractivity contribution in [3.8, 4) is 23.1 Å². The molecule has 4 aromatic rings. The number of pyridine rings is 1. The van der Waals surface area contributed by atoms with Crippen molar-refractivity contribution in [2.45, 2.75) is 6.92 Å². The molecule has 0 bridgehead atoms. The van der Waals surface area contributed by atoms with Crippen molar-refractivity contribution in [3.63, 3.8) is 0 Å². The van der Waals surface area contributed by atoms with Crippen LogP contribution in [0.5, 0.6) is 0 Å². The Bertz CT molecular complexity index is 1090. The van der Waals surface area contributed by atoms with Crippen LogP contribution in [-0.2, 0) is 7.05 Å². The van der Waals surface area contributed by atoms with E-state index in [2.05, 4.69) is 30.1 Å². The minimum absolute atomic E-state index is 0.197. The fraction of sp³-hybridized carbons (Fsp3) is 0.167. The SMILES string of the molecule is CCN(C(=O)c1cnc(-c2noc(-c3cncnc3)n2)n1C)c1cccnc1. The van der Waals surface area contributed by atoms with Gasteiger partial charge in [0, 0.05) is 32.2 Å². The van der Waals surface area contributed by atoms with Gasteiger partial charge in [-0.05, 0) is 19.1 Å². The average Bonchev–Trinajstić information content (AvgIpc) is 3.37. The molecule has 0 atom stereocenters. The minimum atomic E-state index is -0.197. The zero-order valence-corrected chi connectivity index (χ0v) is 15.2. The smallest absolute Gasteiger partial charge is 0.276 e. The highest BCUT2D eigenvalue weighted by atomic mass is 16.5. The molecular formula is C18H16N8O2. The van der Waals surface area contributed by atoms with Gasteiger partial charge in [-0.15, -0.1) is 0 Å². The minimum Gasteiger partial charge on any atom is -0.333 e. The molecule has 4 aromatic heterocycles. The molecule has 10 nitrogen and oxygen atoms in total. The van der Waals surface area contributed by atoms with Gasteiger partial charge in [0.25, 0.3) is 11.8 Å². The molecule has 0 unspecified atom stereocenters. The zero-order valence-electron chi connectivity index (χ0n) is 15.2. The van der Waals surface area contributed by atoms with Crippen LogP contribution >= 0.6 is 0 Å². The Labute approximate surface area is 159 Å². The van der Waals surface area contributed by atoms with Gasteiger partial charge < -0.3 is 14.0 Å². The van der Waals surface area contributed by atoms with Gasteiger partial charge in [0.15, 0.2) is 5.82 Å². The second-order valence-electron chi connectivity index (χ2n) is 5.84. The van der Waals surface area contributed by atoms with E-state index in [1.165, 1.54) is 12.5 Å². The van der Waals surface area contributed by atoms with E-state index < -0.39 is 0 Å². The normalized spacial score (nSPS) is 10.8. The summed E-state index contributed by atoms with van der Waals surface area (Å²) in [5, 5.41) is 3.96. The fourth-order valence-corrected chi connectivity index (χ4v) is 2.75. The molecule has 0 spiro atoms. The lowest BCUT2D eigenvalue weighted by atomic mass is 10.3. The maximum absolute atomic E-state index is 13.0. The lowest BCUT2D eigenvalue weighted by molar-refractivity contribution is 0.0980. The van der Waals surface area contributed by atoms with Crippen LogP contribution in [0.2, 0.25) is 0 Å². The fourth-order valence-electron chi connectivity index (χ4n) is 2.75. The monoisotopic (exact) mass is 376 g/mol. The Morgan fingerprint density at radius 1 is 1.18 bits per heavy atom. The molecule has 10 heteroatoms. The molecule has 0 radical (unpaired) electrons. The van der Waals surface area contributed by atoms with Gasteiger partial charge in [-0.3, -0.25) is 9.78 Å². The molecule has 1 amide bonds. The molecule has 0 saturated carbocycles. The van der Waals surface area contributed by atoms with E-state index in [4.69, 9.17) is 4.52 Å². The summed E-state index contributed by atoms with van der Waals surface area (Å²) in [7, 11) is 1.73. The Hall–Kier alpha value is -3.95. The Morgan fingerprint density at radius 2 is 2.00 bits per heavy atom. The Morgan fingerprint density at radius 3 is 2.71 bits per heavy atom. The van der Waals surface area contributed by atoms with E-state index in [9.17, 15) is 4.79 Å². The number of hydrogen-bond acceptors (Lipinski definition) is 8. The first-order chi connectivity index (χ1) is 13.7. The van der Waals surface area contributed by atoms with E-state index in [0.717, 1.165) is 0 Å². The number of carbonyl (C=O) groups is 1. The number of nitrogens with zero attached hydrogens (tertiary/aromatic N) is 8. The summed E-state index contributed by atoms with van der Waals surface area (Å²) in [5.41, 5.74) is 1.71. The van der Waals surface area contributed by atoms with Crippen LogP contribution in [0.25, 0.3) is 23.1 Å². The highest BCUT2D eigenvalue weighted by Gasteiger charge is 2.23. The van der Waals surface area contributed by atoms with E-state index in [-0.39, 0.29) is 17.6 Å². The molecule has 0 aliphatic heterocycles. The van der Waals surface area contributed by atoms with E-state index in [1.807, 2.05) is 13.0 Å². The van der Waals surface area contributed by atoms with Crippen molar-refractivity contribution in [1.29, 1.82) is 0 Å². The molecule has 28 heavy (non-hydrogen) atoms. The number of aromatic nitrogens is 7. The maximum atomic E-state index is 13.0. The highest BCUT2D eigenvalue weighted by molar-refractivity contribution is 6.05.